The molecule has 0 bridgehead atoms. The van der Waals surface area contributed by atoms with Crippen LogP contribution in [-0.2, 0) is 30.8 Å². The number of benzene rings is 1. The Morgan fingerprint density at radius 2 is 2.11 bits per heavy atom. The number of methoxy groups -OCH3 is 2. The zero-order valence-electron chi connectivity index (χ0n) is 16.6. The Labute approximate surface area is 164 Å². The summed E-state index contributed by atoms with van der Waals surface area (Å²) in [6.45, 7) is 4.46. The molecule has 0 atom stereocenters. The van der Waals surface area contributed by atoms with E-state index in [2.05, 4.69) is 10.00 Å². The Balaban J connectivity index is 1.86. The van der Waals surface area contributed by atoms with Gasteiger partial charge in [0.15, 0.2) is 5.69 Å². The lowest BCUT2D eigenvalue weighted by atomic mass is 10.0. The van der Waals surface area contributed by atoms with E-state index in [0.29, 0.717) is 31.9 Å². The van der Waals surface area contributed by atoms with Crippen molar-refractivity contribution in [3.63, 3.8) is 0 Å². The molecule has 152 valence electrons. The maximum absolute atomic E-state index is 12.4. The number of carbonyl (C=O) groups is 1. The van der Waals surface area contributed by atoms with Crippen LogP contribution in [0.15, 0.2) is 18.2 Å². The third-order valence-electron chi connectivity index (χ3n) is 4.88. The van der Waals surface area contributed by atoms with E-state index in [4.69, 9.17) is 14.2 Å². The quantitative estimate of drug-likeness (QED) is 0.687. The minimum atomic E-state index is -0.420. The molecule has 1 aromatic carbocycles. The lowest BCUT2D eigenvalue weighted by molar-refractivity contribution is 0.0515. The molecule has 8 heteroatoms. The number of hydrogen-bond acceptors (Lipinski definition) is 7. The molecule has 28 heavy (non-hydrogen) atoms. The molecule has 0 spiro atoms. The second-order valence-corrected chi connectivity index (χ2v) is 6.58. The van der Waals surface area contributed by atoms with Gasteiger partial charge < -0.3 is 19.3 Å². The van der Waals surface area contributed by atoms with E-state index in [9.17, 15) is 9.90 Å². The number of aliphatic hydroxyl groups excluding tert-OH is 1. The predicted molar refractivity (Wildman–Crippen MR) is 103 cm³/mol. The zero-order chi connectivity index (χ0) is 20.1. The number of ether oxygens (including phenoxy) is 3. The standard InChI is InChI=1S/C20H27N3O5/c1-4-28-20(25)19-16-13-22(8-7-17(16)23(21-19)9-10-24)12-14-11-15(26-2)5-6-18(14)27-3/h5-6,11,24H,4,7-10,12-13H2,1-3H3. The minimum absolute atomic E-state index is 0.0267. The summed E-state index contributed by atoms with van der Waals surface area (Å²) in [7, 11) is 3.29. The maximum atomic E-state index is 12.4. The second kappa shape index (κ2) is 9.07. The minimum Gasteiger partial charge on any atom is -0.497 e. The average molecular weight is 389 g/mol. The molecule has 8 nitrogen and oxygen atoms in total. The van der Waals surface area contributed by atoms with Gasteiger partial charge >= 0.3 is 5.97 Å². The second-order valence-electron chi connectivity index (χ2n) is 6.58. The number of aromatic nitrogens is 2. The van der Waals surface area contributed by atoms with Crippen LogP contribution in [0, 0.1) is 0 Å². The van der Waals surface area contributed by atoms with Crippen molar-refractivity contribution in [2.75, 3.05) is 34.0 Å². The number of esters is 1. The normalized spacial score (nSPS) is 13.9. The third kappa shape index (κ3) is 4.13. The van der Waals surface area contributed by atoms with E-state index in [1.807, 2.05) is 18.2 Å². The van der Waals surface area contributed by atoms with Crippen LogP contribution in [0.1, 0.15) is 34.2 Å². The summed E-state index contributed by atoms with van der Waals surface area (Å²) in [4.78, 5) is 14.6. The molecule has 3 rings (SSSR count). The van der Waals surface area contributed by atoms with Gasteiger partial charge in [0.25, 0.3) is 0 Å². The monoisotopic (exact) mass is 389 g/mol. The first kappa shape index (κ1) is 20.2. The molecule has 1 aromatic heterocycles. The van der Waals surface area contributed by atoms with Gasteiger partial charge in [-0.05, 0) is 25.1 Å². The smallest absolute Gasteiger partial charge is 0.359 e. The van der Waals surface area contributed by atoms with Gasteiger partial charge in [-0.25, -0.2) is 4.79 Å². The van der Waals surface area contributed by atoms with Crippen molar-refractivity contribution in [2.45, 2.75) is 33.0 Å². The van der Waals surface area contributed by atoms with Crippen LogP contribution in [0.3, 0.4) is 0 Å². The fraction of sp³-hybridized carbons (Fsp3) is 0.500. The Kier molecular flexibility index (Phi) is 6.53. The van der Waals surface area contributed by atoms with Gasteiger partial charge in [0, 0.05) is 42.9 Å². The van der Waals surface area contributed by atoms with Crippen LogP contribution in [0.25, 0.3) is 0 Å². The number of nitrogens with zero attached hydrogens (tertiary/aromatic N) is 3. The van der Waals surface area contributed by atoms with Gasteiger partial charge in [-0.3, -0.25) is 9.58 Å². The molecule has 1 N–H and O–H groups in total. The largest absolute Gasteiger partial charge is 0.497 e. The average Bonchev–Trinajstić information content (AvgIpc) is 3.06. The first-order valence-electron chi connectivity index (χ1n) is 9.41. The van der Waals surface area contributed by atoms with Gasteiger partial charge in [-0.1, -0.05) is 0 Å². The van der Waals surface area contributed by atoms with Crippen molar-refractivity contribution in [2.24, 2.45) is 0 Å². The fourth-order valence-corrected chi connectivity index (χ4v) is 3.57. The molecule has 2 heterocycles. The van der Waals surface area contributed by atoms with E-state index >= 15 is 0 Å². The topological polar surface area (TPSA) is 86.0 Å². The Hall–Kier alpha value is -2.58. The highest BCUT2D eigenvalue weighted by molar-refractivity contribution is 5.89. The number of fused-ring (bicyclic) bond motifs is 1. The van der Waals surface area contributed by atoms with E-state index in [1.165, 1.54) is 0 Å². The Morgan fingerprint density at radius 3 is 2.79 bits per heavy atom. The number of rotatable bonds is 8. The van der Waals surface area contributed by atoms with Gasteiger partial charge in [0.1, 0.15) is 11.5 Å². The molecule has 0 saturated carbocycles. The van der Waals surface area contributed by atoms with Crippen LogP contribution >= 0.6 is 0 Å². The van der Waals surface area contributed by atoms with E-state index < -0.39 is 5.97 Å². The van der Waals surface area contributed by atoms with Gasteiger partial charge in [-0.2, -0.15) is 5.10 Å². The summed E-state index contributed by atoms with van der Waals surface area (Å²) in [5, 5.41) is 13.7. The molecule has 1 aliphatic rings. The summed E-state index contributed by atoms with van der Waals surface area (Å²) < 4.78 is 17.7. The van der Waals surface area contributed by atoms with Crippen LogP contribution in [-0.4, -0.2) is 59.7 Å². The summed E-state index contributed by atoms with van der Waals surface area (Å²) in [5.41, 5.74) is 3.23. The third-order valence-corrected chi connectivity index (χ3v) is 4.88. The SMILES string of the molecule is CCOC(=O)c1nn(CCO)c2c1CN(Cc1cc(OC)ccc1OC)CC2. The highest BCUT2D eigenvalue weighted by atomic mass is 16.5. The molecule has 2 aromatic rings. The van der Waals surface area contributed by atoms with Crippen LogP contribution in [0.4, 0.5) is 0 Å². The van der Waals surface area contributed by atoms with Crippen LogP contribution in [0.2, 0.25) is 0 Å². The highest BCUT2D eigenvalue weighted by Gasteiger charge is 2.29. The van der Waals surface area contributed by atoms with Crippen molar-refractivity contribution < 1.29 is 24.1 Å². The molecule has 0 radical (unpaired) electrons. The summed E-state index contributed by atoms with van der Waals surface area (Å²) in [6, 6.07) is 5.73. The summed E-state index contributed by atoms with van der Waals surface area (Å²) in [6.07, 6.45) is 0.744. The highest BCUT2D eigenvalue weighted by Crippen LogP contribution is 2.29. The van der Waals surface area contributed by atoms with Crippen molar-refractivity contribution >= 4 is 5.97 Å². The number of hydrogen-bond donors (Lipinski definition) is 1. The molecular weight excluding hydrogens is 362 g/mol. The van der Waals surface area contributed by atoms with Crippen molar-refractivity contribution in [3.8, 4) is 11.5 Å². The Bertz CT molecular complexity index is 833. The molecule has 0 aliphatic carbocycles. The molecule has 1 aliphatic heterocycles. The van der Waals surface area contributed by atoms with Crippen molar-refractivity contribution in [1.29, 1.82) is 0 Å². The first-order valence-corrected chi connectivity index (χ1v) is 9.41. The fourth-order valence-electron chi connectivity index (χ4n) is 3.57. The lowest BCUT2D eigenvalue weighted by Crippen LogP contribution is -2.31. The zero-order valence-corrected chi connectivity index (χ0v) is 16.6. The van der Waals surface area contributed by atoms with Gasteiger partial charge in [0.05, 0.1) is 34.0 Å². The van der Waals surface area contributed by atoms with Crippen molar-refractivity contribution in [1.82, 2.24) is 14.7 Å². The molecule has 0 fully saturated rings. The van der Waals surface area contributed by atoms with Crippen LogP contribution < -0.4 is 9.47 Å². The van der Waals surface area contributed by atoms with E-state index in [-0.39, 0.29) is 6.61 Å². The van der Waals surface area contributed by atoms with Crippen molar-refractivity contribution in [3.05, 3.63) is 40.7 Å². The van der Waals surface area contributed by atoms with Gasteiger partial charge in [0.2, 0.25) is 0 Å². The first-order chi connectivity index (χ1) is 13.6. The van der Waals surface area contributed by atoms with Gasteiger partial charge in [-0.15, -0.1) is 0 Å². The van der Waals surface area contributed by atoms with E-state index in [0.717, 1.165) is 41.3 Å². The molecular formula is C20H27N3O5. The molecule has 0 amide bonds. The maximum Gasteiger partial charge on any atom is 0.359 e. The molecule has 0 saturated heterocycles. The number of carbonyl (C=O) groups excluding carboxylic acids is 1. The molecule has 0 unspecified atom stereocenters. The predicted octanol–water partition coefficient (Wildman–Crippen LogP) is 1.63. The summed E-state index contributed by atoms with van der Waals surface area (Å²) in [5.74, 6) is 1.15. The number of aliphatic hydroxyl groups is 1. The lowest BCUT2D eigenvalue weighted by Gasteiger charge is -2.28. The van der Waals surface area contributed by atoms with E-state index in [1.54, 1.807) is 25.8 Å². The Morgan fingerprint density at radius 1 is 1.29 bits per heavy atom. The van der Waals surface area contributed by atoms with Crippen LogP contribution in [0.5, 0.6) is 11.5 Å². The summed E-state index contributed by atoms with van der Waals surface area (Å²) >= 11 is 0.